The SMILES string of the molecule is CCOc1ccc(N(CC(=O)N(Cc2ccc(Cl)c(Cl)c2)[C@H](CC)C(=O)NC(C)C)S(=O)(=O)c2ccc(Cl)cc2)cc1. The van der Waals surface area contributed by atoms with E-state index in [0.29, 0.717) is 39.4 Å². The molecule has 0 radical (unpaired) electrons. The van der Waals surface area contributed by atoms with E-state index in [1.807, 2.05) is 20.8 Å². The van der Waals surface area contributed by atoms with Crippen molar-refractivity contribution in [3.05, 3.63) is 87.4 Å². The lowest BCUT2D eigenvalue weighted by Crippen LogP contribution is -2.53. The number of nitrogens with zero attached hydrogens (tertiary/aromatic N) is 2. The van der Waals surface area contributed by atoms with Crippen LogP contribution in [0.2, 0.25) is 15.1 Å². The highest BCUT2D eigenvalue weighted by Gasteiger charge is 2.34. The Morgan fingerprint density at radius 2 is 1.55 bits per heavy atom. The summed E-state index contributed by atoms with van der Waals surface area (Å²) in [5, 5.41) is 3.87. The van der Waals surface area contributed by atoms with Crippen LogP contribution in [0.25, 0.3) is 0 Å². The molecule has 8 nitrogen and oxygen atoms in total. The minimum absolute atomic E-state index is 0.00213. The van der Waals surface area contributed by atoms with Crippen LogP contribution in [-0.4, -0.2) is 50.4 Å². The van der Waals surface area contributed by atoms with Gasteiger partial charge in [-0.05, 0) is 93.4 Å². The van der Waals surface area contributed by atoms with Crippen LogP contribution in [0.5, 0.6) is 5.75 Å². The molecule has 1 atom stereocenters. The van der Waals surface area contributed by atoms with Gasteiger partial charge in [0.1, 0.15) is 18.3 Å². The van der Waals surface area contributed by atoms with Crippen molar-refractivity contribution in [3.8, 4) is 5.75 Å². The summed E-state index contributed by atoms with van der Waals surface area (Å²) in [6, 6.07) is 16.0. The number of hydrogen-bond donors (Lipinski definition) is 1. The first-order valence-electron chi connectivity index (χ1n) is 13.4. The van der Waals surface area contributed by atoms with Gasteiger partial charge in [-0.3, -0.25) is 13.9 Å². The Morgan fingerprint density at radius 3 is 2.10 bits per heavy atom. The second kappa shape index (κ2) is 15.0. The molecule has 0 spiro atoms. The molecule has 226 valence electrons. The zero-order chi connectivity index (χ0) is 31.0. The van der Waals surface area contributed by atoms with Crippen LogP contribution in [-0.2, 0) is 26.2 Å². The predicted molar refractivity (Wildman–Crippen MR) is 168 cm³/mol. The Hall–Kier alpha value is -2.98. The number of carbonyl (C=O) groups is 2. The second-order valence-corrected chi connectivity index (χ2v) is 12.9. The predicted octanol–water partition coefficient (Wildman–Crippen LogP) is 6.57. The van der Waals surface area contributed by atoms with Crippen molar-refractivity contribution in [1.82, 2.24) is 10.2 Å². The van der Waals surface area contributed by atoms with Crippen LogP contribution in [0.15, 0.2) is 71.6 Å². The first kappa shape index (κ1) is 33.5. The second-order valence-electron chi connectivity index (χ2n) is 9.75. The Balaban J connectivity index is 2.08. The lowest BCUT2D eigenvalue weighted by molar-refractivity contribution is -0.140. The van der Waals surface area contributed by atoms with E-state index in [2.05, 4.69) is 5.32 Å². The van der Waals surface area contributed by atoms with Gasteiger partial charge in [-0.15, -0.1) is 0 Å². The molecule has 3 rings (SSSR count). The fourth-order valence-electron chi connectivity index (χ4n) is 4.27. The molecule has 0 aromatic heterocycles. The molecule has 0 unspecified atom stereocenters. The average molecular weight is 655 g/mol. The molecule has 12 heteroatoms. The van der Waals surface area contributed by atoms with Gasteiger partial charge in [0.2, 0.25) is 11.8 Å². The minimum Gasteiger partial charge on any atom is -0.494 e. The van der Waals surface area contributed by atoms with Crippen LogP contribution in [0, 0.1) is 0 Å². The highest BCUT2D eigenvalue weighted by atomic mass is 35.5. The number of nitrogens with one attached hydrogen (secondary N) is 1. The van der Waals surface area contributed by atoms with Crippen molar-refractivity contribution in [1.29, 1.82) is 0 Å². The first-order valence-corrected chi connectivity index (χ1v) is 16.0. The number of ether oxygens (including phenoxy) is 1. The van der Waals surface area contributed by atoms with Crippen LogP contribution < -0.4 is 14.4 Å². The number of halogens is 3. The number of carbonyl (C=O) groups excluding carboxylic acids is 2. The van der Waals surface area contributed by atoms with Crippen molar-refractivity contribution in [2.75, 3.05) is 17.5 Å². The van der Waals surface area contributed by atoms with Gasteiger partial charge in [-0.2, -0.15) is 0 Å². The summed E-state index contributed by atoms with van der Waals surface area (Å²) in [4.78, 5) is 28.7. The summed E-state index contributed by atoms with van der Waals surface area (Å²) in [7, 11) is -4.23. The zero-order valence-corrected chi connectivity index (χ0v) is 26.9. The molecule has 0 aliphatic rings. The third kappa shape index (κ3) is 8.53. The molecule has 0 aliphatic heterocycles. The molecule has 2 amide bonds. The van der Waals surface area contributed by atoms with Crippen LogP contribution in [0.4, 0.5) is 5.69 Å². The van der Waals surface area contributed by atoms with Gasteiger partial charge in [0.25, 0.3) is 10.0 Å². The van der Waals surface area contributed by atoms with E-state index in [1.165, 1.54) is 29.2 Å². The largest absolute Gasteiger partial charge is 0.494 e. The van der Waals surface area contributed by atoms with E-state index in [9.17, 15) is 18.0 Å². The number of rotatable bonds is 13. The first-order chi connectivity index (χ1) is 19.9. The van der Waals surface area contributed by atoms with Crippen molar-refractivity contribution in [2.45, 2.75) is 57.6 Å². The van der Waals surface area contributed by atoms with E-state index >= 15 is 0 Å². The summed E-state index contributed by atoms with van der Waals surface area (Å²) >= 11 is 18.3. The number of sulfonamides is 1. The van der Waals surface area contributed by atoms with Gasteiger partial charge in [-0.25, -0.2) is 8.42 Å². The Labute approximate surface area is 262 Å². The Kier molecular flexibility index (Phi) is 11.9. The van der Waals surface area contributed by atoms with Crippen LogP contribution in [0.3, 0.4) is 0 Å². The van der Waals surface area contributed by atoms with Crippen LogP contribution >= 0.6 is 34.8 Å². The molecule has 3 aromatic carbocycles. The van der Waals surface area contributed by atoms with Gasteiger partial charge in [0, 0.05) is 17.6 Å². The standard InChI is InChI=1S/C30H34Cl3N3O5S/c1-5-28(30(38)34-20(3)4)35(18-21-7-16-26(32)27(33)17-21)29(37)19-36(23-10-12-24(13-11-23)41-6-2)42(39,40)25-14-8-22(31)9-15-25/h7-17,20,28H,5-6,18-19H2,1-4H3,(H,34,38)/t28-/m1/s1. The monoisotopic (exact) mass is 653 g/mol. The molecule has 0 saturated carbocycles. The molecule has 0 heterocycles. The fraction of sp³-hybridized carbons (Fsp3) is 0.333. The summed E-state index contributed by atoms with van der Waals surface area (Å²) < 4.78 is 34.4. The molecular formula is C30H34Cl3N3O5S. The Bertz CT molecular complexity index is 1480. The third-order valence-corrected chi connectivity index (χ3v) is 9.05. The molecule has 42 heavy (non-hydrogen) atoms. The maximum Gasteiger partial charge on any atom is 0.264 e. The summed E-state index contributed by atoms with van der Waals surface area (Å²) in [6.45, 7) is 7.12. The van der Waals surface area contributed by atoms with Gasteiger partial charge < -0.3 is 15.0 Å². The smallest absolute Gasteiger partial charge is 0.264 e. The van der Waals surface area contributed by atoms with Crippen molar-refractivity contribution in [3.63, 3.8) is 0 Å². The number of amides is 2. The maximum atomic E-state index is 14.1. The molecule has 3 aromatic rings. The minimum atomic E-state index is -4.23. The van der Waals surface area contributed by atoms with E-state index in [0.717, 1.165) is 4.31 Å². The normalized spacial score (nSPS) is 12.1. The summed E-state index contributed by atoms with van der Waals surface area (Å²) in [5.74, 6) is -0.388. The lowest BCUT2D eigenvalue weighted by Gasteiger charge is -2.33. The van der Waals surface area contributed by atoms with Gasteiger partial charge in [0.05, 0.1) is 27.2 Å². The van der Waals surface area contributed by atoms with Crippen molar-refractivity contribution >= 4 is 62.3 Å². The van der Waals surface area contributed by atoms with E-state index < -0.39 is 28.5 Å². The molecule has 0 fully saturated rings. The highest BCUT2D eigenvalue weighted by Crippen LogP contribution is 2.28. The lowest BCUT2D eigenvalue weighted by atomic mass is 10.1. The quantitative estimate of drug-likeness (QED) is 0.225. The average Bonchev–Trinajstić information content (AvgIpc) is 2.94. The van der Waals surface area contributed by atoms with E-state index in [1.54, 1.807) is 49.4 Å². The van der Waals surface area contributed by atoms with Crippen LogP contribution in [0.1, 0.15) is 39.7 Å². The molecule has 0 saturated heterocycles. The summed E-state index contributed by atoms with van der Waals surface area (Å²) in [6.07, 6.45) is 0.290. The zero-order valence-electron chi connectivity index (χ0n) is 23.8. The number of benzene rings is 3. The van der Waals surface area contributed by atoms with E-state index in [4.69, 9.17) is 39.5 Å². The molecule has 1 N–H and O–H groups in total. The fourth-order valence-corrected chi connectivity index (χ4v) is 6.13. The van der Waals surface area contributed by atoms with Gasteiger partial charge in [-0.1, -0.05) is 47.8 Å². The van der Waals surface area contributed by atoms with Gasteiger partial charge >= 0.3 is 0 Å². The molecule has 0 aliphatic carbocycles. The number of anilines is 1. The topological polar surface area (TPSA) is 96.0 Å². The molecule has 0 bridgehead atoms. The molecular weight excluding hydrogens is 621 g/mol. The van der Waals surface area contributed by atoms with E-state index in [-0.39, 0.29) is 29.1 Å². The van der Waals surface area contributed by atoms with Crippen molar-refractivity contribution in [2.24, 2.45) is 0 Å². The summed E-state index contributed by atoms with van der Waals surface area (Å²) in [5.41, 5.74) is 0.873. The van der Waals surface area contributed by atoms with Gasteiger partial charge in [0.15, 0.2) is 0 Å². The Morgan fingerprint density at radius 1 is 0.905 bits per heavy atom. The number of hydrogen-bond acceptors (Lipinski definition) is 5. The highest BCUT2D eigenvalue weighted by molar-refractivity contribution is 7.92. The third-order valence-electron chi connectivity index (χ3n) is 6.27. The van der Waals surface area contributed by atoms with Crippen molar-refractivity contribution < 1.29 is 22.7 Å². The maximum absolute atomic E-state index is 14.1.